The Kier molecular flexibility index (Phi) is 5.94. The van der Waals surface area contributed by atoms with E-state index in [4.69, 9.17) is 0 Å². The van der Waals surface area contributed by atoms with Crippen molar-refractivity contribution in [2.45, 2.75) is 13.8 Å². The zero-order chi connectivity index (χ0) is 27.1. The molecule has 0 atom stereocenters. The summed E-state index contributed by atoms with van der Waals surface area (Å²) in [5.41, 5.74) is 12.2. The van der Waals surface area contributed by atoms with Crippen LogP contribution in [0.3, 0.4) is 0 Å². The Hall–Kier alpha value is -5.08. The average molecular weight is 513 g/mol. The molecule has 2 nitrogen and oxygen atoms in total. The van der Waals surface area contributed by atoms with Crippen LogP contribution in [-0.2, 0) is 0 Å². The number of hydrogen-bond donors (Lipinski definition) is 0. The summed E-state index contributed by atoms with van der Waals surface area (Å²) in [6, 6.07) is 39.5. The van der Waals surface area contributed by atoms with Gasteiger partial charge >= 0.3 is 0 Å². The number of rotatable bonds is 4. The molecule has 190 valence electrons. The van der Waals surface area contributed by atoms with Gasteiger partial charge in [-0.25, -0.2) is 0 Å². The minimum Gasteiger partial charge on any atom is -0.264 e. The van der Waals surface area contributed by atoms with Crippen molar-refractivity contribution in [3.05, 3.63) is 145 Å². The van der Waals surface area contributed by atoms with Crippen molar-refractivity contribution in [3.63, 3.8) is 0 Å². The molecule has 0 bridgehead atoms. The fourth-order valence-electron chi connectivity index (χ4n) is 5.92. The van der Waals surface area contributed by atoms with E-state index in [0.717, 1.165) is 11.1 Å². The average Bonchev–Trinajstić information content (AvgIpc) is 3.02. The maximum absolute atomic E-state index is 4.36. The highest BCUT2D eigenvalue weighted by Gasteiger charge is 2.19. The van der Waals surface area contributed by atoms with Crippen molar-refractivity contribution in [2.24, 2.45) is 0 Å². The van der Waals surface area contributed by atoms with E-state index in [-0.39, 0.29) is 0 Å². The molecule has 0 radical (unpaired) electrons. The van der Waals surface area contributed by atoms with Gasteiger partial charge in [-0.05, 0) is 104 Å². The molecule has 0 spiro atoms. The minimum atomic E-state index is 1.12. The van der Waals surface area contributed by atoms with Crippen LogP contribution in [0, 0.1) is 13.8 Å². The number of fused-ring (bicyclic) bond motifs is 2. The fraction of sp³-hybridized carbons (Fsp3) is 0.0526. The molecule has 0 saturated carbocycles. The third-order valence-electron chi connectivity index (χ3n) is 7.94. The van der Waals surface area contributed by atoms with Crippen molar-refractivity contribution >= 4 is 21.5 Å². The van der Waals surface area contributed by atoms with Crippen molar-refractivity contribution in [3.8, 4) is 44.5 Å². The largest absolute Gasteiger partial charge is 0.264 e. The molecule has 0 N–H and O–H groups in total. The number of benzene rings is 5. The third-order valence-corrected chi connectivity index (χ3v) is 7.94. The summed E-state index contributed by atoms with van der Waals surface area (Å²) in [6.45, 7) is 4.42. The molecule has 0 aliphatic rings. The zero-order valence-corrected chi connectivity index (χ0v) is 22.6. The van der Waals surface area contributed by atoms with Crippen LogP contribution in [0.15, 0.2) is 134 Å². The second-order valence-corrected chi connectivity index (χ2v) is 10.4. The highest BCUT2D eigenvalue weighted by Crippen LogP contribution is 2.46. The predicted octanol–water partition coefficient (Wildman–Crippen LogP) is 10.1. The van der Waals surface area contributed by atoms with Crippen LogP contribution in [0.4, 0.5) is 0 Å². The Labute approximate surface area is 234 Å². The molecule has 0 aliphatic carbocycles. The lowest BCUT2D eigenvalue weighted by Crippen LogP contribution is -1.94. The third kappa shape index (κ3) is 4.06. The Morgan fingerprint density at radius 1 is 0.400 bits per heavy atom. The van der Waals surface area contributed by atoms with Crippen LogP contribution < -0.4 is 0 Å². The Morgan fingerprint density at radius 2 is 0.800 bits per heavy atom. The van der Waals surface area contributed by atoms with Crippen LogP contribution in [0.25, 0.3) is 66.1 Å². The quantitative estimate of drug-likeness (QED) is 0.219. The number of aryl methyl sites for hydroxylation is 2. The molecule has 0 fully saturated rings. The summed E-state index contributed by atoms with van der Waals surface area (Å²) in [5.74, 6) is 0. The molecule has 7 rings (SSSR count). The van der Waals surface area contributed by atoms with Crippen molar-refractivity contribution in [2.75, 3.05) is 0 Å². The molecule has 2 heterocycles. The van der Waals surface area contributed by atoms with E-state index >= 15 is 0 Å². The van der Waals surface area contributed by atoms with Gasteiger partial charge in [0.05, 0.1) is 0 Å². The topological polar surface area (TPSA) is 25.8 Å². The molecular formula is C38H28N2. The van der Waals surface area contributed by atoms with Crippen LogP contribution in [0.2, 0.25) is 0 Å². The van der Waals surface area contributed by atoms with E-state index in [2.05, 4.69) is 121 Å². The van der Waals surface area contributed by atoms with Gasteiger partial charge in [-0.2, -0.15) is 0 Å². The summed E-state index contributed by atoms with van der Waals surface area (Å²) in [5, 5.41) is 5.03. The first-order chi connectivity index (χ1) is 19.7. The van der Waals surface area contributed by atoms with Gasteiger partial charge in [0, 0.05) is 35.9 Å². The standard InChI is InChI=1S/C38H28N2/c1-25-15-17-27(29-9-7-19-39-23-29)21-35(25)37-31-11-3-5-13-33(31)38(34-14-6-4-12-32(34)37)36-22-28(18-16-26(36)2)30-10-8-20-40-24-30/h3-24H,1-2H3. The first-order valence-electron chi connectivity index (χ1n) is 13.7. The lowest BCUT2D eigenvalue weighted by molar-refractivity contribution is 1.33. The SMILES string of the molecule is Cc1ccc(-c2cccnc2)cc1-c1c2ccccc2c(-c2cc(-c3cccnc3)ccc2C)c2ccccc12. The predicted molar refractivity (Wildman–Crippen MR) is 168 cm³/mol. The maximum atomic E-state index is 4.36. The van der Waals surface area contributed by atoms with Gasteiger partial charge in [0.2, 0.25) is 0 Å². The molecule has 0 saturated heterocycles. The second kappa shape index (κ2) is 9.91. The number of aromatic nitrogens is 2. The summed E-state index contributed by atoms with van der Waals surface area (Å²) < 4.78 is 0. The molecule has 2 aromatic heterocycles. The van der Waals surface area contributed by atoms with Crippen LogP contribution in [0.1, 0.15) is 11.1 Å². The minimum absolute atomic E-state index is 1.12. The smallest absolute Gasteiger partial charge is 0.0346 e. The molecule has 7 aromatic rings. The molecule has 0 aliphatic heterocycles. The summed E-state index contributed by atoms with van der Waals surface area (Å²) in [6.07, 6.45) is 7.52. The number of hydrogen-bond acceptors (Lipinski definition) is 2. The Morgan fingerprint density at radius 3 is 1.15 bits per heavy atom. The van der Waals surface area contributed by atoms with E-state index in [9.17, 15) is 0 Å². The van der Waals surface area contributed by atoms with E-state index in [1.165, 1.54) is 66.1 Å². The molecule has 40 heavy (non-hydrogen) atoms. The number of pyridine rings is 2. The number of nitrogens with zero attached hydrogens (tertiary/aromatic N) is 2. The normalized spacial score (nSPS) is 11.2. The van der Waals surface area contributed by atoms with Crippen LogP contribution in [0.5, 0.6) is 0 Å². The monoisotopic (exact) mass is 512 g/mol. The van der Waals surface area contributed by atoms with Crippen LogP contribution >= 0.6 is 0 Å². The van der Waals surface area contributed by atoms with E-state index in [1.807, 2.05) is 36.9 Å². The van der Waals surface area contributed by atoms with Gasteiger partial charge < -0.3 is 0 Å². The first-order valence-corrected chi connectivity index (χ1v) is 13.7. The Bertz CT molecular complexity index is 1800. The summed E-state index contributed by atoms with van der Waals surface area (Å²) in [7, 11) is 0. The van der Waals surface area contributed by atoms with Gasteiger partial charge in [-0.15, -0.1) is 0 Å². The highest BCUT2D eigenvalue weighted by molar-refractivity contribution is 6.22. The van der Waals surface area contributed by atoms with Gasteiger partial charge in [0.15, 0.2) is 0 Å². The van der Waals surface area contributed by atoms with E-state index in [0.29, 0.717) is 0 Å². The highest BCUT2D eigenvalue weighted by atomic mass is 14.6. The van der Waals surface area contributed by atoms with E-state index < -0.39 is 0 Å². The zero-order valence-electron chi connectivity index (χ0n) is 22.6. The van der Waals surface area contributed by atoms with Crippen molar-refractivity contribution in [1.29, 1.82) is 0 Å². The summed E-state index contributed by atoms with van der Waals surface area (Å²) >= 11 is 0. The fourth-order valence-corrected chi connectivity index (χ4v) is 5.92. The van der Waals surface area contributed by atoms with Crippen LogP contribution in [-0.4, -0.2) is 9.97 Å². The van der Waals surface area contributed by atoms with E-state index in [1.54, 1.807) is 0 Å². The van der Waals surface area contributed by atoms with Gasteiger partial charge in [-0.3, -0.25) is 9.97 Å². The van der Waals surface area contributed by atoms with Gasteiger partial charge in [-0.1, -0.05) is 84.9 Å². The molecule has 0 unspecified atom stereocenters. The van der Waals surface area contributed by atoms with Crippen molar-refractivity contribution < 1.29 is 0 Å². The molecule has 0 amide bonds. The van der Waals surface area contributed by atoms with Gasteiger partial charge in [0.1, 0.15) is 0 Å². The molecule has 5 aromatic carbocycles. The lowest BCUT2D eigenvalue weighted by Gasteiger charge is -2.20. The first kappa shape index (κ1) is 24.0. The maximum Gasteiger partial charge on any atom is 0.0346 e. The Balaban J connectivity index is 1.56. The lowest BCUT2D eigenvalue weighted by atomic mass is 9.83. The molecule has 2 heteroatoms. The van der Waals surface area contributed by atoms with Gasteiger partial charge in [0.25, 0.3) is 0 Å². The van der Waals surface area contributed by atoms with Crippen molar-refractivity contribution in [1.82, 2.24) is 9.97 Å². The second-order valence-electron chi connectivity index (χ2n) is 10.4. The molecular weight excluding hydrogens is 484 g/mol. The summed E-state index contributed by atoms with van der Waals surface area (Å²) in [4.78, 5) is 8.73.